The van der Waals surface area contributed by atoms with Gasteiger partial charge in [-0.05, 0) is 37.1 Å². The first-order chi connectivity index (χ1) is 9.17. The number of nitrogens with zero attached hydrogens (tertiary/aromatic N) is 3. The van der Waals surface area contributed by atoms with E-state index in [0.717, 1.165) is 28.3 Å². The lowest BCUT2D eigenvalue weighted by Crippen LogP contribution is -2.00. The Morgan fingerprint density at radius 3 is 2.79 bits per heavy atom. The molecule has 0 fully saturated rings. The summed E-state index contributed by atoms with van der Waals surface area (Å²) in [5.41, 5.74) is 11.4. The van der Waals surface area contributed by atoms with Crippen LogP contribution < -0.4 is 5.73 Å². The highest BCUT2D eigenvalue weighted by Gasteiger charge is 2.07. The van der Waals surface area contributed by atoms with Crippen molar-refractivity contribution in [2.75, 3.05) is 0 Å². The van der Waals surface area contributed by atoms with Crippen LogP contribution in [0.2, 0.25) is 0 Å². The van der Waals surface area contributed by atoms with Crippen molar-refractivity contribution in [3.05, 3.63) is 45.7 Å². The predicted molar refractivity (Wildman–Crippen MR) is 78.3 cm³/mol. The van der Waals surface area contributed by atoms with Gasteiger partial charge in [0.1, 0.15) is 5.01 Å². The van der Waals surface area contributed by atoms with E-state index in [1.807, 2.05) is 6.33 Å². The topological polar surface area (TPSA) is 56.7 Å². The Hall–Kier alpha value is -1.72. The smallest absolute Gasteiger partial charge is 0.107 e. The van der Waals surface area contributed by atoms with Crippen LogP contribution >= 0.6 is 11.3 Å². The molecule has 2 heterocycles. The van der Waals surface area contributed by atoms with Crippen molar-refractivity contribution in [1.29, 1.82) is 0 Å². The molecule has 19 heavy (non-hydrogen) atoms. The molecule has 0 spiro atoms. The van der Waals surface area contributed by atoms with Crippen molar-refractivity contribution >= 4 is 22.4 Å². The average Bonchev–Trinajstić information content (AvgIpc) is 2.99. The molecule has 3 aromatic rings. The Kier molecular flexibility index (Phi) is 3.08. The maximum absolute atomic E-state index is 5.59. The van der Waals surface area contributed by atoms with Gasteiger partial charge in [-0.15, -0.1) is 11.3 Å². The highest BCUT2D eigenvalue weighted by Crippen LogP contribution is 2.20. The molecule has 0 radical (unpaired) electrons. The molecule has 0 saturated carbocycles. The molecule has 0 aliphatic rings. The summed E-state index contributed by atoms with van der Waals surface area (Å²) >= 11 is 1.61. The molecule has 1 aromatic carbocycles. The van der Waals surface area contributed by atoms with E-state index in [1.54, 1.807) is 11.3 Å². The van der Waals surface area contributed by atoms with Crippen molar-refractivity contribution in [1.82, 2.24) is 14.5 Å². The molecule has 0 amide bonds. The van der Waals surface area contributed by atoms with Gasteiger partial charge in [-0.2, -0.15) is 0 Å². The Morgan fingerprint density at radius 2 is 2.05 bits per heavy atom. The molecular weight excluding hydrogens is 256 g/mol. The van der Waals surface area contributed by atoms with Crippen molar-refractivity contribution in [2.24, 2.45) is 5.73 Å². The van der Waals surface area contributed by atoms with Crippen LogP contribution in [0.5, 0.6) is 0 Å². The van der Waals surface area contributed by atoms with Gasteiger partial charge in [0.2, 0.25) is 0 Å². The van der Waals surface area contributed by atoms with Crippen LogP contribution in [0.25, 0.3) is 11.0 Å². The van der Waals surface area contributed by atoms with Crippen LogP contribution in [0.15, 0.2) is 23.8 Å². The number of nitrogens with two attached hydrogens (primary N) is 1. The number of thiazole rings is 1. The molecule has 0 atom stereocenters. The molecule has 4 nitrogen and oxygen atoms in total. The lowest BCUT2D eigenvalue weighted by atomic mass is 10.1. The summed E-state index contributed by atoms with van der Waals surface area (Å²) in [4.78, 5) is 8.95. The van der Waals surface area contributed by atoms with Gasteiger partial charge >= 0.3 is 0 Å². The number of fused-ring (bicyclic) bond motifs is 1. The zero-order valence-corrected chi connectivity index (χ0v) is 11.9. The molecule has 0 aliphatic carbocycles. The monoisotopic (exact) mass is 272 g/mol. The fourth-order valence-corrected chi connectivity index (χ4v) is 2.79. The van der Waals surface area contributed by atoms with Crippen LogP contribution in [0.1, 0.15) is 21.8 Å². The third-order valence-corrected chi connectivity index (χ3v) is 4.26. The molecule has 98 valence electrons. The standard InChI is InChI=1S/C14H16N4S/c1-9-3-12-13(4-10(9)2)18(8-16-12)6-11-7-19-14(5-15)17-11/h3-4,7-8H,5-6,15H2,1-2H3. The van der Waals surface area contributed by atoms with Crippen LogP contribution in [0, 0.1) is 13.8 Å². The maximum atomic E-state index is 5.59. The Morgan fingerprint density at radius 1 is 1.26 bits per heavy atom. The second kappa shape index (κ2) is 4.75. The highest BCUT2D eigenvalue weighted by atomic mass is 32.1. The Labute approximate surface area is 115 Å². The molecule has 2 aromatic heterocycles. The second-order valence-corrected chi connectivity index (χ2v) is 5.68. The van der Waals surface area contributed by atoms with Gasteiger partial charge < -0.3 is 10.3 Å². The van der Waals surface area contributed by atoms with E-state index in [2.05, 4.69) is 45.9 Å². The predicted octanol–water partition coefficient (Wildman–Crippen LogP) is 2.62. The van der Waals surface area contributed by atoms with Crippen molar-refractivity contribution in [3.8, 4) is 0 Å². The first-order valence-corrected chi connectivity index (χ1v) is 7.11. The lowest BCUT2D eigenvalue weighted by molar-refractivity contribution is 0.797. The summed E-state index contributed by atoms with van der Waals surface area (Å²) < 4.78 is 2.14. The number of aryl methyl sites for hydroxylation is 2. The number of rotatable bonds is 3. The normalized spacial score (nSPS) is 11.3. The maximum Gasteiger partial charge on any atom is 0.107 e. The first kappa shape index (κ1) is 12.3. The van der Waals surface area contributed by atoms with Gasteiger partial charge in [0.05, 0.1) is 29.6 Å². The van der Waals surface area contributed by atoms with Crippen LogP contribution in [-0.2, 0) is 13.1 Å². The number of hydrogen-bond donors (Lipinski definition) is 1. The Balaban J connectivity index is 1.98. The van der Waals surface area contributed by atoms with Crippen molar-refractivity contribution in [2.45, 2.75) is 26.9 Å². The number of benzene rings is 1. The minimum absolute atomic E-state index is 0.508. The summed E-state index contributed by atoms with van der Waals surface area (Å²) in [6, 6.07) is 4.32. The molecule has 0 unspecified atom stereocenters. The van der Waals surface area contributed by atoms with Gasteiger partial charge in [0, 0.05) is 11.9 Å². The largest absolute Gasteiger partial charge is 0.325 e. The van der Waals surface area contributed by atoms with Gasteiger partial charge in [-0.1, -0.05) is 0 Å². The summed E-state index contributed by atoms with van der Waals surface area (Å²) in [6.45, 7) is 5.49. The zero-order valence-electron chi connectivity index (χ0n) is 11.1. The van der Waals surface area contributed by atoms with E-state index in [1.165, 1.54) is 11.1 Å². The van der Waals surface area contributed by atoms with E-state index in [-0.39, 0.29) is 0 Å². The van der Waals surface area contributed by atoms with Crippen molar-refractivity contribution in [3.63, 3.8) is 0 Å². The molecule has 0 bridgehead atoms. The lowest BCUT2D eigenvalue weighted by Gasteiger charge is -2.04. The molecule has 3 rings (SSSR count). The quantitative estimate of drug-likeness (QED) is 0.797. The second-order valence-electron chi connectivity index (χ2n) is 4.73. The molecule has 2 N–H and O–H groups in total. The van der Waals surface area contributed by atoms with E-state index in [9.17, 15) is 0 Å². The summed E-state index contributed by atoms with van der Waals surface area (Å²) in [5, 5.41) is 3.04. The van der Waals surface area contributed by atoms with E-state index < -0.39 is 0 Å². The molecule has 5 heteroatoms. The first-order valence-electron chi connectivity index (χ1n) is 6.23. The number of hydrogen-bond acceptors (Lipinski definition) is 4. The highest BCUT2D eigenvalue weighted by molar-refractivity contribution is 7.09. The van der Waals surface area contributed by atoms with Crippen molar-refractivity contribution < 1.29 is 0 Å². The summed E-state index contributed by atoms with van der Waals surface area (Å²) in [6.07, 6.45) is 1.88. The van der Waals surface area contributed by atoms with Crippen LogP contribution in [-0.4, -0.2) is 14.5 Å². The zero-order chi connectivity index (χ0) is 13.4. The van der Waals surface area contributed by atoms with E-state index in [4.69, 9.17) is 5.73 Å². The fraction of sp³-hybridized carbons (Fsp3) is 0.286. The van der Waals surface area contributed by atoms with E-state index in [0.29, 0.717) is 6.54 Å². The summed E-state index contributed by atoms with van der Waals surface area (Å²) in [5.74, 6) is 0. The van der Waals surface area contributed by atoms with Gasteiger partial charge in [0.15, 0.2) is 0 Å². The SMILES string of the molecule is Cc1cc2ncn(Cc3csc(CN)n3)c2cc1C. The molecule has 0 saturated heterocycles. The van der Waals surface area contributed by atoms with Crippen LogP contribution in [0.4, 0.5) is 0 Å². The van der Waals surface area contributed by atoms with Gasteiger partial charge in [-0.25, -0.2) is 9.97 Å². The number of imidazole rings is 1. The van der Waals surface area contributed by atoms with Crippen LogP contribution in [0.3, 0.4) is 0 Å². The molecular formula is C14H16N4S. The minimum Gasteiger partial charge on any atom is -0.325 e. The molecule has 0 aliphatic heterocycles. The van der Waals surface area contributed by atoms with E-state index >= 15 is 0 Å². The fourth-order valence-electron chi connectivity index (χ4n) is 2.13. The minimum atomic E-state index is 0.508. The summed E-state index contributed by atoms with van der Waals surface area (Å²) in [7, 11) is 0. The third kappa shape index (κ3) is 2.27. The Bertz CT molecular complexity index is 726. The van der Waals surface area contributed by atoms with Gasteiger partial charge in [-0.3, -0.25) is 0 Å². The average molecular weight is 272 g/mol. The number of aromatic nitrogens is 3. The van der Waals surface area contributed by atoms with Gasteiger partial charge in [0.25, 0.3) is 0 Å². The third-order valence-electron chi connectivity index (χ3n) is 3.34.